The van der Waals surface area contributed by atoms with E-state index >= 15 is 0 Å². The van der Waals surface area contributed by atoms with E-state index in [1.54, 1.807) is 0 Å². The van der Waals surface area contributed by atoms with Gasteiger partial charge >= 0.3 is 0 Å². The molecule has 0 aromatic rings. The molecule has 0 rings (SSSR count). The molecule has 0 spiro atoms. The Labute approximate surface area is 299 Å². The zero-order valence-corrected chi connectivity index (χ0v) is 32.8. The lowest BCUT2D eigenvalue weighted by atomic mass is 10.0. The number of nitrogens with two attached hydrogens (primary N) is 5. The fraction of sp³-hybridized carbons (Fsp3) is 1.00. The van der Waals surface area contributed by atoms with E-state index in [0.29, 0.717) is 12.1 Å². The van der Waals surface area contributed by atoms with Gasteiger partial charge in [-0.1, -0.05) is 129 Å². The predicted octanol–water partition coefficient (Wildman–Crippen LogP) is 5.49. The van der Waals surface area contributed by atoms with Crippen LogP contribution >= 0.6 is 0 Å². The van der Waals surface area contributed by atoms with E-state index in [-0.39, 0.29) is 30.3 Å². The van der Waals surface area contributed by atoms with Crippen molar-refractivity contribution in [2.75, 3.05) is 26.2 Å². The van der Waals surface area contributed by atoms with Crippen LogP contribution in [0.4, 0.5) is 0 Å². The minimum absolute atomic E-state index is 0.00183. The Morgan fingerprint density at radius 3 is 1.40 bits per heavy atom. The van der Waals surface area contributed by atoms with Crippen LogP contribution in [0.1, 0.15) is 176 Å². The molecule has 290 valence electrons. The topological polar surface area (TPSA) is 181 Å². The second-order valence-electron chi connectivity index (χ2n) is 15.2. The van der Waals surface area contributed by atoms with Crippen LogP contribution in [0.15, 0.2) is 0 Å². The largest absolute Gasteiger partial charge is 0.328 e. The summed E-state index contributed by atoms with van der Waals surface area (Å²) in [6, 6.07) is 1.13. The van der Waals surface area contributed by atoms with Gasteiger partial charge in [-0.05, 0) is 46.5 Å². The van der Waals surface area contributed by atoms with Gasteiger partial charge in [0.05, 0.1) is 12.2 Å². The first-order chi connectivity index (χ1) is 23.2. The summed E-state index contributed by atoms with van der Waals surface area (Å²) in [4.78, 5) is 2.36. The number of rotatable bonds is 37. The van der Waals surface area contributed by atoms with E-state index in [2.05, 4.69) is 54.1 Å². The summed E-state index contributed by atoms with van der Waals surface area (Å²) < 4.78 is 0. The normalized spacial score (nSPS) is 16.6. The SMILES string of the molecule is CCCCCCCCCCCCCCCCCCC(N)CCCCC(N)N(CC(C)NCC(C)NCC(C)N)CC(NN)C(CC)NN. The molecular weight excluding hydrogens is 596 g/mol. The number of unbranched alkanes of at least 4 members (excludes halogenated alkanes) is 16. The van der Waals surface area contributed by atoms with Crippen LogP contribution in [0.2, 0.25) is 0 Å². The van der Waals surface area contributed by atoms with Crippen LogP contribution < -0.4 is 50.4 Å². The van der Waals surface area contributed by atoms with Gasteiger partial charge in [-0.25, -0.2) is 0 Å². The van der Waals surface area contributed by atoms with Gasteiger partial charge in [-0.3, -0.25) is 27.4 Å². The van der Waals surface area contributed by atoms with Crippen molar-refractivity contribution in [2.24, 2.45) is 28.9 Å². The fourth-order valence-corrected chi connectivity index (χ4v) is 6.71. The average Bonchev–Trinajstić information content (AvgIpc) is 3.07. The van der Waals surface area contributed by atoms with E-state index in [9.17, 15) is 0 Å². The maximum Gasteiger partial charge on any atom is 0.0572 e. The Hall–Kier alpha value is -0.400. The van der Waals surface area contributed by atoms with Gasteiger partial charge in [-0.2, -0.15) is 0 Å². The van der Waals surface area contributed by atoms with Crippen LogP contribution in [0.3, 0.4) is 0 Å². The lowest BCUT2D eigenvalue weighted by molar-refractivity contribution is 0.140. The lowest BCUT2D eigenvalue weighted by Gasteiger charge is -2.36. The molecule has 0 heterocycles. The van der Waals surface area contributed by atoms with Crippen LogP contribution in [0, 0.1) is 0 Å². The van der Waals surface area contributed by atoms with E-state index in [1.807, 2.05) is 6.92 Å². The maximum absolute atomic E-state index is 6.83. The molecule has 10 nitrogen and oxygen atoms in total. The summed E-state index contributed by atoms with van der Waals surface area (Å²) >= 11 is 0. The van der Waals surface area contributed by atoms with Gasteiger partial charge in [0.1, 0.15) is 0 Å². The molecule has 0 fully saturated rings. The van der Waals surface area contributed by atoms with E-state index in [0.717, 1.165) is 64.7 Å². The summed E-state index contributed by atoms with van der Waals surface area (Å²) in [5.41, 5.74) is 25.1. The summed E-state index contributed by atoms with van der Waals surface area (Å²) in [6.45, 7) is 14.1. The lowest BCUT2D eigenvalue weighted by Crippen LogP contribution is -2.60. The Morgan fingerprint density at radius 2 is 0.938 bits per heavy atom. The predicted molar refractivity (Wildman–Crippen MR) is 211 cm³/mol. The van der Waals surface area contributed by atoms with Crippen molar-refractivity contribution in [3.63, 3.8) is 0 Å². The quantitative estimate of drug-likeness (QED) is 0.0176. The number of hydrazine groups is 2. The molecule has 0 saturated carbocycles. The molecule has 0 bridgehead atoms. The molecule has 0 aliphatic heterocycles. The number of nitrogens with one attached hydrogen (secondary N) is 4. The Morgan fingerprint density at radius 1 is 0.500 bits per heavy atom. The molecule has 0 aliphatic rings. The maximum atomic E-state index is 6.83. The van der Waals surface area contributed by atoms with E-state index < -0.39 is 0 Å². The third kappa shape index (κ3) is 28.3. The van der Waals surface area contributed by atoms with Gasteiger partial charge < -0.3 is 27.8 Å². The molecule has 0 aromatic heterocycles. The molecule has 7 unspecified atom stereocenters. The number of hydrogen-bond donors (Lipinski definition) is 9. The highest BCUT2D eigenvalue weighted by atomic mass is 15.3. The van der Waals surface area contributed by atoms with Gasteiger partial charge in [0, 0.05) is 56.4 Å². The fourth-order valence-electron chi connectivity index (χ4n) is 6.71. The van der Waals surface area contributed by atoms with Crippen LogP contribution in [-0.2, 0) is 0 Å². The van der Waals surface area contributed by atoms with Gasteiger partial charge in [-0.15, -0.1) is 0 Å². The van der Waals surface area contributed by atoms with Crippen molar-refractivity contribution in [3.8, 4) is 0 Å². The molecule has 0 aromatic carbocycles. The minimum Gasteiger partial charge on any atom is -0.328 e. The Bertz CT molecular complexity index is 651. The van der Waals surface area contributed by atoms with Crippen LogP contribution in [0.25, 0.3) is 0 Å². The summed E-state index contributed by atoms with van der Waals surface area (Å²) in [6.07, 6.45) is 28.7. The smallest absolute Gasteiger partial charge is 0.0572 e. The van der Waals surface area contributed by atoms with Crippen LogP contribution in [-0.4, -0.2) is 73.5 Å². The molecule has 0 saturated heterocycles. The molecule has 0 radical (unpaired) electrons. The van der Waals surface area contributed by atoms with Gasteiger partial charge in [0.2, 0.25) is 0 Å². The second-order valence-corrected chi connectivity index (χ2v) is 15.2. The highest BCUT2D eigenvalue weighted by Crippen LogP contribution is 2.16. The molecule has 0 aliphatic carbocycles. The summed E-state index contributed by atoms with van der Waals surface area (Å²) in [5.74, 6) is 11.8. The average molecular weight is 685 g/mol. The second kappa shape index (κ2) is 33.7. The van der Waals surface area contributed by atoms with Crippen molar-refractivity contribution >= 4 is 0 Å². The zero-order chi connectivity index (χ0) is 35.8. The van der Waals surface area contributed by atoms with Crippen molar-refractivity contribution in [1.29, 1.82) is 0 Å². The molecule has 7 atom stereocenters. The standard InChI is InChI=1S/C38H88N10/c1-6-8-9-10-11-12-13-14-15-16-17-18-19-20-21-22-25-35(40)26-23-24-27-38(41)48(31-37(47-43)36(7-2)46-42)30-34(5)45-29-33(4)44-28-32(3)39/h32-38,44-47H,6-31,39-43H2,1-5H3. The van der Waals surface area contributed by atoms with Crippen molar-refractivity contribution in [1.82, 2.24) is 26.4 Å². The number of nitrogens with zero attached hydrogens (tertiary/aromatic N) is 1. The first-order valence-electron chi connectivity index (χ1n) is 20.6. The third-order valence-electron chi connectivity index (χ3n) is 10.1. The summed E-state index contributed by atoms with van der Waals surface area (Å²) in [5, 5.41) is 7.15. The molecule has 48 heavy (non-hydrogen) atoms. The monoisotopic (exact) mass is 685 g/mol. The highest BCUT2D eigenvalue weighted by Gasteiger charge is 2.25. The molecule has 14 N–H and O–H groups in total. The Balaban J connectivity index is 4.24. The van der Waals surface area contributed by atoms with Gasteiger partial charge in [0.25, 0.3) is 0 Å². The van der Waals surface area contributed by atoms with E-state index in [4.69, 9.17) is 28.9 Å². The van der Waals surface area contributed by atoms with Gasteiger partial charge in [0.15, 0.2) is 0 Å². The van der Waals surface area contributed by atoms with Crippen molar-refractivity contribution in [3.05, 3.63) is 0 Å². The van der Waals surface area contributed by atoms with E-state index in [1.165, 1.54) is 103 Å². The highest BCUT2D eigenvalue weighted by molar-refractivity contribution is 4.85. The minimum atomic E-state index is -0.0504. The zero-order valence-electron chi connectivity index (χ0n) is 32.8. The first-order valence-corrected chi connectivity index (χ1v) is 20.6. The van der Waals surface area contributed by atoms with Crippen molar-refractivity contribution in [2.45, 2.75) is 218 Å². The molecule has 0 amide bonds. The number of hydrogen-bond acceptors (Lipinski definition) is 10. The Kier molecular flexibility index (Phi) is 33.4. The molecule has 10 heteroatoms. The van der Waals surface area contributed by atoms with Crippen molar-refractivity contribution < 1.29 is 0 Å². The van der Waals surface area contributed by atoms with Crippen LogP contribution in [0.5, 0.6) is 0 Å². The first kappa shape index (κ1) is 47.6. The third-order valence-corrected chi connectivity index (χ3v) is 10.1. The summed E-state index contributed by atoms with van der Waals surface area (Å²) in [7, 11) is 0. The molecular formula is C38H88N10.